The van der Waals surface area contributed by atoms with Crippen LogP contribution >= 0.6 is 11.6 Å². The zero-order chi connectivity index (χ0) is 26.8. The highest BCUT2D eigenvalue weighted by Gasteiger charge is 2.34. The number of allylic oxidation sites excluding steroid dienone is 4. The zero-order valence-electron chi connectivity index (χ0n) is 21.9. The van der Waals surface area contributed by atoms with Crippen LogP contribution in [0.15, 0.2) is 84.3 Å². The maximum Gasteiger partial charge on any atom is 0.227 e. The molecule has 200 valence electrons. The quantitative estimate of drug-likeness (QED) is 0.494. The number of likely N-dealkylation sites (tertiary alicyclic amines) is 1. The van der Waals surface area contributed by atoms with Gasteiger partial charge in [-0.3, -0.25) is 0 Å². The average molecular weight is 535 g/mol. The van der Waals surface area contributed by atoms with Gasteiger partial charge in [0, 0.05) is 42.0 Å². The van der Waals surface area contributed by atoms with E-state index in [2.05, 4.69) is 22.0 Å². The van der Waals surface area contributed by atoms with Crippen LogP contribution in [-0.2, 0) is 10.3 Å². The molecule has 0 amide bonds. The number of aromatic nitrogens is 1. The van der Waals surface area contributed by atoms with Gasteiger partial charge < -0.3 is 24.6 Å². The van der Waals surface area contributed by atoms with Crippen molar-refractivity contribution in [3.05, 3.63) is 100 Å². The highest BCUT2D eigenvalue weighted by molar-refractivity contribution is 6.30. The van der Waals surface area contributed by atoms with Crippen molar-refractivity contribution >= 4 is 17.2 Å². The number of halogens is 1. The van der Waals surface area contributed by atoms with Crippen molar-refractivity contribution < 1.29 is 19.7 Å². The number of pyridine rings is 1. The maximum atomic E-state index is 11.2. The smallest absolute Gasteiger partial charge is 0.227 e. The number of benzene rings is 1. The molecule has 3 heterocycles. The molecule has 7 heteroatoms. The van der Waals surface area contributed by atoms with Gasteiger partial charge in [-0.05, 0) is 80.7 Å². The van der Waals surface area contributed by atoms with E-state index >= 15 is 0 Å². The molecule has 1 saturated heterocycles. The molecule has 1 unspecified atom stereocenters. The lowest BCUT2D eigenvalue weighted by atomic mass is 9.84. The van der Waals surface area contributed by atoms with Crippen LogP contribution in [-0.4, -0.2) is 58.0 Å². The van der Waals surface area contributed by atoms with Gasteiger partial charge in [-0.25, -0.2) is 4.98 Å². The molecule has 2 aromatic rings. The van der Waals surface area contributed by atoms with Crippen LogP contribution in [0.3, 0.4) is 0 Å². The van der Waals surface area contributed by atoms with Crippen LogP contribution in [0.4, 0.5) is 0 Å². The molecule has 6 nitrogen and oxygen atoms in total. The summed E-state index contributed by atoms with van der Waals surface area (Å²) in [5.74, 6) is 1.27. The molecule has 2 N–H and O–H groups in total. The molecule has 0 bridgehead atoms. The summed E-state index contributed by atoms with van der Waals surface area (Å²) in [7, 11) is 0. The van der Waals surface area contributed by atoms with Gasteiger partial charge in [-0.15, -0.1) is 0 Å². The molecular weight excluding hydrogens is 500 g/mol. The van der Waals surface area contributed by atoms with Crippen molar-refractivity contribution in [1.82, 2.24) is 9.88 Å². The van der Waals surface area contributed by atoms with E-state index in [-0.39, 0.29) is 12.7 Å². The molecule has 1 aromatic heterocycles. The van der Waals surface area contributed by atoms with Gasteiger partial charge in [0.15, 0.2) is 0 Å². The lowest BCUT2D eigenvalue weighted by molar-refractivity contribution is -0.0314. The maximum absolute atomic E-state index is 11.2. The van der Waals surface area contributed by atoms with E-state index in [1.54, 1.807) is 20.0 Å². The summed E-state index contributed by atoms with van der Waals surface area (Å²) in [6.45, 7) is 6.21. The molecule has 1 fully saturated rings. The van der Waals surface area contributed by atoms with Gasteiger partial charge in [0.05, 0.1) is 17.8 Å². The summed E-state index contributed by atoms with van der Waals surface area (Å²) in [5.41, 5.74) is 2.08. The monoisotopic (exact) mass is 534 g/mol. The van der Waals surface area contributed by atoms with E-state index in [4.69, 9.17) is 21.1 Å². The van der Waals surface area contributed by atoms with Crippen molar-refractivity contribution in [1.29, 1.82) is 0 Å². The summed E-state index contributed by atoms with van der Waals surface area (Å²) < 4.78 is 12.3. The molecule has 0 saturated carbocycles. The number of rotatable bonds is 7. The fraction of sp³-hybridized carbons (Fsp3) is 0.387. The third kappa shape index (κ3) is 6.28. The van der Waals surface area contributed by atoms with Gasteiger partial charge >= 0.3 is 0 Å². The topological polar surface area (TPSA) is 75.0 Å². The molecule has 5 rings (SSSR count). The van der Waals surface area contributed by atoms with Crippen molar-refractivity contribution in [3.8, 4) is 5.88 Å². The Labute approximate surface area is 229 Å². The molecule has 1 aliphatic carbocycles. The van der Waals surface area contributed by atoms with Gasteiger partial charge in [-0.2, -0.15) is 0 Å². The van der Waals surface area contributed by atoms with Crippen LogP contribution in [0.1, 0.15) is 44.2 Å². The van der Waals surface area contributed by atoms with E-state index in [1.807, 2.05) is 54.6 Å². The highest BCUT2D eigenvalue weighted by Crippen LogP contribution is 2.37. The number of hydrogen-bond donors (Lipinski definition) is 2. The van der Waals surface area contributed by atoms with Gasteiger partial charge in [0.1, 0.15) is 11.9 Å². The summed E-state index contributed by atoms with van der Waals surface area (Å²) in [6.07, 6.45) is 13.8. The van der Waals surface area contributed by atoms with Crippen LogP contribution in [0.2, 0.25) is 5.02 Å². The third-order valence-corrected chi connectivity index (χ3v) is 7.47. The number of aliphatic hydroxyl groups is 2. The SMILES string of the molecule is CC(C)(O)COC1C=CC=C2Oc3ncccc3C(=CCCN3CCC(O)(c4ccc(Cl)cc4)CC3)C=C21. The van der Waals surface area contributed by atoms with Gasteiger partial charge in [0.2, 0.25) is 5.88 Å². The Morgan fingerprint density at radius 1 is 1.21 bits per heavy atom. The van der Waals surface area contributed by atoms with Crippen LogP contribution in [0.5, 0.6) is 5.88 Å². The van der Waals surface area contributed by atoms with Crippen LogP contribution < -0.4 is 4.74 Å². The second-order valence-corrected chi connectivity index (χ2v) is 11.3. The molecule has 1 aromatic carbocycles. The van der Waals surface area contributed by atoms with Crippen molar-refractivity contribution in [2.45, 2.75) is 50.4 Å². The molecule has 38 heavy (non-hydrogen) atoms. The minimum atomic E-state index is -0.932. The standard InChI is InChI=1S/C31H35ClN2O4/c1-30(2,35)21-37-27-8-3-9-28-26(27)20-22(25-7-4-16-33-29(25)38-28)6-5-17-34-18-14-31(36,15-19-34)23-10-12-24(32)13-11-23/h3-4,6-13,16,20,27,35-36H,5,14-15,17-19,21H2,1-2H3. The Bertz CT molecular complexity index is 1270. The number of ether oxygens (including phenoxy) is 2. The predicted octanol–water partition coefficient (Wildman–Crippen LogP) is 5.42. The second-order valence-electron chi connectivity index (χ2n) is 10.8. The summed E-state index contributed by atoms with van der Waals surface area (Å²) in [6, 6.07) is 11.5. The Morgan fingerprint density at radius 3 is 2.71 bits per heavy atom. The second kappa shape index (κ2) is 11.2. The summed E-state index contributed by atoms with van der Waals surface area (Å²) >= 11 is 6.03. The Morgan fingerprint density at radius 2 is 1.97 bits per heavy atom. The molecule has 3 aliphatic rings. The van der Waals surface area contributed by atoms with Crippen LogP contribution in [0, 0.1) is 0 Å². The number of piperidine rings is 1. The van der Waals surface area contributed by atoms with Crippen molar-refractivity contribution in [3.63, 3.8) is 0 Å². The average Bonchev–Trinajstić information content (AvgIpc) is 3.05. The first kappa shape index (κ1) is 26.9. The normalized spacial score (nSPS) is 22.1. The summed E-state index contributed by atoms with van der Waals surface area (Å²) in [4.78, 5) is 6.89. The number of nitrogens with zero attached hydrogens (tertiary/aromatic N) is 2. The van der Waals surface area contributed by atoms with E-state index in [0.717, 1.165) is 48.3 Å². The lowest BCUT2D eigenvalue weighted by Crippen LogP contribution is -2.42. The molecule has 0 radical (unpaired) electrons. The number of hydrogen-bond acceptors (Lipinski definition) is 6. The Kier molecular flexibility index (Phi) is 7.89. The fourth-order valence-corrected chi connectivity index (χ4v) is 5.20. The van der Waals surface area contributed by atoms with E-state index < -0.39 is 11.2 Å². The fourth-order valence-electron chi connectivity index (χ4n) is 5.08. The largest absolute Gasteiger partial charge is 0.438 e. The highest BCUT2D eigenvalue weighted by atomic mass is 35.5. The molecule has 2 aliphatic heterocycles. The molecular formula is C31H35ClN2O4. The molecule has 1 atom stereocenters. The summed E-state index contributed by atoms with van der Waals surface area (Å²) in [5, 5.41) is 22.1. The third-order valence-electron chi connectivity index (χ3n) is 7.21. The van der Waals surface area contributed by atoms with E-state index in [9.17, 15) is 10.2 Å². The Balaban J connectivity index is 1.29. The number of fused-ring (bicyclic) bond motifs is 2. The zero-order valence-corrected chi connectivity index (χ0v) is 22.7. The van der Waals surface area contributed by atoms with E-state index in [1.165, 1.54) is 0 Å². The van der Waals surface area contributed by atoms with Gasteiger partial charge in [0.25, 0.3) is 0 Å². The van der Waals surface area contributed by atoms with Crippen molar-refractivity contribution in [2.24, 2.45) is 0 Å². The van der Waals surface area contributed by atoms with Gasteiger partial charge in [-0.1, -0.05) is 42.0 Å². The minimum Gasteiger partial charge on any atom is -0.438 e. The molecule has 0 spiro atoms. The minimum absolute atomic E-state index is 0.203. The first-order valence-electron chi connectivity index (χ1n) is 13.2. The Hall–Kier alpha value is -2.74. The van der Waals surface area contributed by atoms with Crippen molar-refractivity contribution in [2.75, 3.05) is 26.2 Å². The van der Waals surface area contributed by atoms with E-state index in [0.29, 0.717) is 29.5 Å². The first-order chi connectivity index (χ1) is 18.2. The lowest BCUT2D eigenvalue weighted by Gasteiger charge is -2.38. The predicted molar refractivity (Wildman–Crippen MR) is 150 cm³/mol. The first-order valence-corrected chi connectivity index (χ1v) is 13.6. The van der Waals surface area contributed by atoms with Crippen LogP contribution in [0.25, 0.3) is 5.57 Å².